The van der Waals surface area contributed by atoms with Crippen LogP contribution in [-0.2, 0) is 14.5 Å². The molecule has 39 heavy (non-hydrogen) atoms. The lowest BCUT2D eigenvalue weighted by Gasteiger charge is -2.62. The second-order valence-corrected chi connectivity index (χ2v) is 14.6. The zero-order valence-electron chi connectivity index (χ0n) is 24.9. The third-order valence-electron chi connectivity index (χ3n) is 13.5. The van der Waals surface area contributed by atoms with Crippen LogP contribution in [0.25, 0.3) is 0 Å². The first kappa shape index (κ1) is 30.4. The number of hydrogen-bond acceptors (Lipinski definition) is 5. The van der Waals surface area contributed by atoms with Gasteiger partial charge in [0.15, 0.2) is 0 Å². The molecule has 5 unspecified atom stereocenters. The Morgan fingerprint density at radius 3 is 2.49 bits per heavy atom. The van der Waals surface area contributed by atoms with Crippen LogP contribution in [0.1, 0.15) is 71.6 Å². The minimum Gasteiger partial charge on any atom is -1.00 e. The average molecular weight is 612 g/mol. The van der Waals surface area contributed by atoms with Gasteiger partial charge in [-0.25, -0.2) is 9.78 Å². The van der Waals surface area contributed by atoms with Crippen LogP contribution in [0.3, 0.4) is 0 Å². The number of aliphatic hydroxyl groups excluding tert-OH is 1. The minimum absolute atomic E-state index is 0. The maximum absolute atomic E-state index is 11.3. The van der Waals surface area contributed by atoms with E-state index in [-0.39, 0.29) is 23.1 Å². The summed E-state index contributed by atoms with van der Waals surface area (Å²) in [4.78, 5) is 13.6. The van der Waals surface area contributed by atoms with Gasteiger partial charge in [0.2, 0.25) is 0 Å². The molecule has 6 rings (SSSR count). The maximum Gasteiger partial charge on any atom is 0.0973 e. The number of aliphatic hydroxyl groups is 1. The summed E-state index contributed by atoms with van der Waals surface area (Å²) >= 11 is 0. The van der Waals surface area contributed by atoms with Crippen molar-refractivity contribution in [2.75, 3.05) is 59.7 Å². The Labute approximate surface area is 248 Å². The Morgan fingerprint density at radius 1 is 1.05 bits per heavy atom. The van der Waals surface area contributed by atoms with Crippen LogP contribution in [0, 0.1) is 40.4 Å². The topological polar surface area (TPSA) is 51.2 Å². The van der Waals surface area contributed by atoms with Gasteiger partial charge in [-0.2, -0.15) is 0 Å². The lowest BCUT2D eigenvalue weighted by Crippen LogP contribution is -3.00. The molecule has 0 aromatic rings. The summed E-state index contributed by atoms with van der Waals surface area (Å²) in [5.74, 6) is 3.57. The highest BCUT2D eigenvalue weighted by Gasteiger charge is 2.66. The predicted molar refractivity (Wildman–Crippen MR) is 149 cm³/mol. The first-order chi connectivity index (χ1) is 18.4. The summed E-state index contributed by atoms with van der Waals surface area (Å²) in [7, 11) is 1.68. The number of nitrogens with zero attached hydrogens (tertiary/aromatic N) is 2. The zero-order chi connectivity index (χ0) is 26.5. The lowest BCUT2D eigenvalue weighted by atomic mass is 9.44. The van der Waals surface area contributed by atoms with Crippen molar-refractivity contribution in [3.8, 4) is 0 Å². The van der Waals surface area contributed by atoms with Crippen molar-refractivity contribution >= 4 is 0 Å². The molecule has 2 heterocycles. The molecule has 0 aromatic heterocycles. The summed E-state index contributed by atoms with van der Waals surface area (Å²) in [5, 5.41) is 11.3. The molecular weight excluding hydrogens is 556 g/mol. The molecule has 6 nitrogen and oxygen atoms in total. The first-order valence-electron chi connectivity index (χ1n) is 16.0. The van der Waals surface area contributed by atoms with E-state index in [1.165, 1.54) is 68.9 Å². The quantitative estimate of drug-likeness (QED) is 0.206. The van der Waals surface area contributed by atoms with Crippen molar-refractivity contribution in [1.82, 2.24) is 4.90 Å². The smallest absolute Gasteiger partial charge is 0.0973 e. The Hall–Kier alpha value is -0.0200. The molecule has 0 bridgehead atoms. The van der Waals surface area contributed by atoms with Crippen LogP contribution in [0.4, 0.5) is 0 Å². The van der Waals surface area contributed by atoms with Crippen molar-refractivity contribution in [3.63, 3.8) is 0 Å². The van der Waals surface area contributed by atoms with E-state index in [4.69, 9.17) is 14.5 Å². The van der Waals surface area contributed by atoms with Gasteiger partial charge in [0.25, 0.3) is 0 Å². The standard InChI is InChI=1S/C32H55N2O4.BrH/c1-5-14-34(15-6-7-16-34)29-20-26-24-9-8-23-19-30(35)28(33-12-17-37-18-13-33)21-32(23,3)25(24)10-11-31(26,2)27(29)22-38-36-4;/h5,23-30,35H,1,6-22H2,2-4H3;1H/q+1;/p-1/t23?,24?,25?,26?,27-,28-,29-,30?,31-,32-;/m0./s1. The van der Waals surface area contributed by atoms with Gasteiger partial charge < -0.3 is 31.3 Å². The van der Waals surface area contributed by atoms with Gasteiger partial charge in [0, 0.05) is 44.3 Å². The molecule has 2 aliphatic heterocycles. The van der Waals surface area contributed by atoms with Gasteiger partial charge in [-0.15, -0.1) is 0 Å². The van der Waals surface area contributed by atoms with Gasteiger partial charge in [0.1, 0.15) is 0 Å². The molecule has 6 fully saturated rings. The zero-order valence-corrected chi connectivity index (χ0v) is 26.5. The van der Waals surface area contributed by atoms with Crippen LogP contribution >= 0.6 is 0 Å². The third-order valence-corrected chi connectivity index (χ3v) is 13.5. The predicted octanol–water partition coefficient (Wildman–Crippen LogP) is 1.67. The summed E-state index contributed by atoms with van der Waals surface area (Å²) in [6.07, 6.45) is 13.5. The van der Waals surface area contributed by atoms with Gasteiger partial charge in [-0.3, -0.25) is 4.90 Å². The summed E-state index contributed by atoms with van der Waals surface area (Å²) in [5.41, 5.74) is 0.657. The molecule has 10 atom stereocenters. The van der Waals surface area contributed by atoms with Gasteiger partial charge in [-0.1, -0.05) is 20.4 Å². The van der Waals surface area contributed by atoms with Crippen molar-refractivity contribution in [2.45, 2.75) is 89.8 Å². The summed E-state index contributed by atoms with van der Waals surface area (Å²) < 4.78 is 6.90. The average Bonchev–Trinajstić information content (AvgIpc) is 3.51. The van der Waals surface area contributed by atoms with E-state index in [1.54, 1.807) is 7.11 Å². The van der Waals surface area contributed by atoms with E-state index in [0.717, 1.165) is 63.6 Å². The fraction of sp³-hybridized carbons (Fsp3) is 0.938. The molecule has 1 N–H and O–H groups in total. The van der Waals surface area contributed by atoms with E-state index in [2.05, 4.69) is 31.4 Å². The SMILES string of the molecule is C=CC[N+]1([C@H]2CC3C4CCC5CC(O)[C@@H](N6CCOCC6)C[C@]5(C)C4CC[C@]3(C)[C@H]2COOC)CCCC1.[Br-]. The summed E-state index contributed by atoms with van der Waals surface area (Å²) in [6, 6.07) is 0.955. The molecule has 6 aliphatic rings. The van der Waals surface area contributed by atoms with E-state index >= 15 is 0 Å². The second-order valence-electron chi connectivity index (χ2n) is 14.6. The molecule has 224 valence electrons. The second kappa shape index (κ2) is 11.9. The van der Waals surface area contributed by atoms with Crippen molar-refractivity contribution in [3.05, 3.63) is 12.7 Å². The first-order valence-corrected chi connectivity index (χ1v) is 16.0. The molecule has 4 aliphatic carbocycles. The molecule has 0 amide bonds. The monoisotopic (exact) mass is 610 g/mol. The number of hydrogen-bond donors (Lipinski definition) is 1. The fourth-order valence-corrected chi connectivity index (χ4v) is 11.6. The Balaban J connectivity index is 0.00000308. The number of halogens is 1. The van der Waals surface area contributed by atoms with Crippen LogP contribution in [0.2, 0.25) is 0 Å². The van der Waals surface area contributed by atoms with Gasteiger partial charge >= 0.3 is 0 Å². The van der Waals surface area contributed by atoms with Gasteiger partial charge in [0.05, 0.1) is 58.7 Å². The number of rotatable bonds is 7. The van der Waals surface area contributed by atoms with Crippen molar-refractivity contribution < 1.29 is 41.1 Å². The van der Waals surface area contributed by atoms with Crippen LogP contribution in [-0.4, -0.2) is 92.3 Å². The Morgan fingerprint density at radius 2 is 1.79 bits per heavy atom. The Kier molecular flexibility index (Phi) is 9.31. The number of ether oxygens (including phenoxy) is 1. The number of fused-ring (bicyclic) bond motifs is 5. The van der Waals surface area contributed by atoms with Crippen LogP contribution < -0.4 is 17.0 Å². The maximum atomic E-state index is 11.3. The highest BCUT2D eigenvalue weighted by Crippen LogP contribution is 2.68. The largest absolute Gasteiger partial charge is 1.00 e. The highest BCUT2D eigenvalue weighted by molar-refractivity contribution is 5.13. The number of likely N-dealkylation sites (tertiary alicyclic amines) is 1. The van der Waals surface area contributed by atoms with Gasteiger partial charge in [-0.05, 0) is 79.1 Å². The molecular formula is C32H55BrN2O4. The Bertz CT molecular complexity index is 848. The molecule has 0 spiro atoms. The number of quaternary nitrogens is 1. The lowest BCUT2D eigenvalue weighted by molar-refractivity contribution is -0.938. The normalized spacial score (nSPS) is 47.5. The molecule has 4 saturated carbocycles. The van der Waals surface area contributed by atoms with Crippen LogP contribution in [0.15, 0.2) is 12.7 Å². The minimum atomic E-state index is -0.179. The van der Waals surface area contributed by atoms with Crippen molar-refractivity contribution in [1.29, 1.82) is 0 Å². The third kappa shape index (κ3) is 5.02. The van der Waals surface area contributed by atoms with Crippen LogP contribution in [0.5, 0.6) is 0 Å². The molecule has 7 heteroatoms. The van der Waals surface area contributed by atoms with E-state index < -0.39 is 0 Å². The fourth-order valence-electron chi connectivity index (χ4n) is 11.6. The van der Waals surface area contributed by atoms with E-state index in [1.807, 2.05) is 0 Å². The molecule has 0 aromatic carbocycles. The molecule has 2 saturated heterocycles. The van der Waals surface area contributed by atoms with E-state index in [0.29, 0.717) is 34.7 Å². The summed E-state index contributed by atoms with van der Waals surface area (Å²) in [6.45, 7) is 17.5. The van der Waals surface area contributed by atoms with Crippen molar-refractivity contribution in [2.24, 2.45) is 40.4 Å². The van der Waals surface area contributed by atoms with E-state index in [9.17, 15) is 5.11 Å². The number of morpholine rings is 1. The highest BCUT2D eigenvalue weighted by atomic mass is 79.9. The molecule has 0 radical (unpaired) electrons.